The lowest BCUT2D eigenvalue weighted by atomic mass is 9.69. The SMILES string of the molecule is CN(C)[C@]1(c2ccccc2)CC[C@@]2(CC1)CN(CC1CCNCC1)C(=O)N2. The van der Waals surface area contributed by atoms with E-state index in [0.29, 0.717) is 5.92 Å². The minimum absolute atomic E-state index is 0.0295. The zero-order valence-electron chi connectivity index (χ0n) is 16.8. The van der Waals surface area contributed by atoms with Crippen LogP contribution in [0.1, 0.15) is 44.1 Å². The van der Waals surface area contributed by atoms with Gasteiger partial charge in [0.1, 0.15) is 0 Å². The number of piperidine rings is 1. The number of amides is 2. The molecule has 3 aliphatic rings. The quantitative estimate of drug-likeness (QED) is 0.857. The molecule has 0 atom stereocenters. The van der Waals surface area contributed by atoms with Crippen molar-refractivity contribution in [2.45, 2.75) is 49.6 Å². The third kappa shape index (κ3) is 3.59. The highest BCUT2D eigenvalue weighted by molar-refractivity contribution is 5.78. The molecule has 2 heterocycles. The van der Waals surface area contributed by atoms with Crippen molar-refractivity contribution in [1.82, 2.24) is 20.4 Å². The fourth-order valence-electron chi connectivity index (χ4n) is 5.47. The van der Waals surface area contributed by atoms with Crippen molar-refractivity contribution in [2.24, 2.45) is 5.92 Å². The predicted octanol–water partition coefficient (Wildman–Crippen LogP) is 2.78. The molecule has 27 heavy (non-hydrogen) atoms. The number of rotatable bonds is 4. The lowest BCUT2D eigenvalue weighted by molar-refractivity contribution is 0.0613. The van der Waals surface area contributed by atoms with Crippen molar-refractivity contribution in [3.8, 4) is 0 Å². The van der Waals surface area contributed by atoms with Crippen LogP contribution in [0.4, 0.5) is 4.79 Å². The largest absolute Gasteiger partial charge is 0.331 e. The summed E-state index contributed by atoms with van der Waals surface area (Å²) in [7, 11) is 4.39. The highest BCUT2D eigenvalue weighted by Gasteiger charge is 2.50. The molecule has 1 saturated carbocycles. The fourth-order valence-corrected chi connectivity index (χ4v) is 5.47. The van der Waals surface area contributed by atoms with E-state index < -0.39 is 0 Å². The van der Waals surface area contributed by atoms with Gasteiger partial charge in [0.05, 0.1) is 5.54 Å². The molecule has 1 aromatic carbocycles. The maximum absolute atomic E-state index is 12.7. The van der Waals surface area contributed by atoms with Crippen molar-refractivity contribution in [3.05, 3.63) is 35.9 Å². The van der Waals surface area contributed by atoms with Gasteiger partial charge in [-0.2, -0.15) is 0 Å². The van der Waals surface area contributed by atoms with Gasteiger partial charge in [-0.25, -0.2) is 4.79 Å². The van der Waals surface area contributed by atoms with Crippen LogP contribution < -0.4 is 10.6 Å². The number of nitrogens with zero attached hydrogens (tertiary/aromatic N) is 2. The summed E-state index contributed by atoms with van der Waals surface area (Å²) in [4.78, 5) is 17.2. The van der Waals surface area contributed by atoms with Crippen LogP contribution in [0.2, 0.25) is 0 Å². The number of hydrogen-bond donors (Lipinski definition) is 2. The molecule has 0 aromatic heterocycles. The third-order valence-electron chi connectivity index (χ3n) is 7.29. The van der Waals surface area contributed by atoms with Crippen LogP contribution in [0.25, 0.3) is 0 Å². The van der Waals surface area contributed by atoms with Crippen LogP contribution in [0.5, 0.6) is 0 Å². The summed E-state index contributed by atoms with van der Waals surface area (Å²) < 4.78 is 0. The maximum atomic E-state index is 12.7. The lowest BCUT2D eigenvalue weighted by Crippen LogP contribution is -2.54. The van der Waals surface area contributed by atoms with Crippen molar-refractivity contribution in [2.75, 3.05) is 40.3 Å². The van der Waals surface area contributed by atoms with Crippen LogP contribution in [0, 0.1) is 5.92 Å². The molecular formula is C22H34N4O. The van der Waals surface area contributed by atoms with E-state index in [9.17, 15) is 4.79 Å². The Bertz CT molecular complexity index is 646. The second-order valence-corrected chi connectivity index (χ2v) is 9.08. The average molecular weight is 371 g/mol. The van der Waals surface area contributed by atoms with E-state index in [0.717, 1.165) is 51.9 Å². The Labute approximate surface area is 163 Å². The van der Waals surface area contributed by atoms with Crippen molar-refractivity contribution in [1.29, 1.82) is 0 Å². The molecule has 2 saturated heterocycles. The molecule has 148 valence electrons. The molecule has 1 spiro atoms. The van der Waals surface area contributed by atoms with Crippen molar-refractivity contribution in [3.63, 3.8) is 0 Å². The maximum Gasteiger partial charge on any atom is 0.317 e. The summed E-state index contributed by atoms with van der Waals surface area (Å²) in [5, 5.41) is 6.81. The third-order valence-corrected chi connectivity index (χ3v) is 7.29. The van der Waals surface area contributed by atoms with Gasteiger partial charge < -0.3 is 15.5 Å². The standard InChI is InChI=1S/C22H34N4O/c1-25(2)22(19-6-4-3-5-7-19)12-10-21(11-13-22)17-26(20(27)24-21)16-18-8-14-23-15-9-18/h3-7,18,23H,8-17H2,1-2H3,(H,24,27)/t21-,22-. The zero-order chi connectivity index (χ0) is 18.9. The number of hydrogen-bond acceptors (Lipinski definition) is 3. The molecule has 1 aromatic rings. The molecule has 0 unspecified atom stereocenters. The van der Waals surface area contributed by atoms with Crippen LogP contribution in [0.15, 0.2) is 30.3 Å². The van der Waals surface area contributed by atoms with E-state index in [1.807, 2.05) is 0 Å². The molecule has 2 amide bonds. The minimum atomic E-state index is -0.0295. The molecule has 5 nitrogen and oxygen atoms in total. The molecule has 0 bridgehead atoms. The summed E-state index contributed by atoms with van der Waals surface area (Å²) >= 11 is 0. The van der Waals surface area contributed by atoms with Gasteiger partial charge in [0.25, 0.3) is 0 Å². The van der Waals surface area contributed by atoms with Crippen molar-refractivity contribution >= 4 is 6.03 Å². The summed E-state index contributed by atoms with van der Waals surface area (Å²) in [6.45, 7) is 3.99. The van der Waals surface area contributed by atoms with E-state index in [2.05, 4.69) is 64.9 Å². The summed E-state index contributed by atoms with van der Waals surface area (Å²) in [5.74, 6) is 0.654. The smallest absolute Gasteiger partial charge is 0.317 e. The minimum Gasteiger partial charge on any atom is -0.331 e. The van der Waals surface area contributed by atoms with Gasteiger partial charge in [-0.1, -0.05) is 30.3 Å². The van der Waals surface area contributed by atoms with Gasteiger partial charge in [0.15, 0.2) is 0 Å². The van der Waals surface area contributed by atoms with Crippen LogP contribution in [-0.2, 0) is 5.54 Å². The Morgan fingerprint density at radius 1 is 1.07 bits per heavy atom. The Kier molecular flexibility index (Phi) is 5.17. The fraction of sp³-hybridized carbons (Fsp3) is 0.682. The Morgan fingerprint density at radius 2 is 1.74 bits per heavy atom. The number of nitrogens with one attached hydrogen (secondary N) is 2. The monoisotopic (exact) mass is 370 g/mol. The second-order valence-electron chi connectivity index (χ2n) is 9.08. The summed E-state index contributed by atoms with van der Waals surface area (Å²) in [6.07, 6.45) is 6.66. The number of urea groups is 1. The van der Waals surface area contributed by atoms with Gasteiger partial charge in [-0.3, -0.25) is 4.90 Å². The van der Waals surface area contributed by atoms with Crippen molar-refractivity contribution < 1.29 is 4.79 Å². The van der Waals surface area contributed by atoms with E-state index in [1.165, 1.54) is 18.4 Å². The molecule has 0 radical (unpaired) electrons. The normalized spacial score (nSPS) is 32.3. The molecule has 1 aliphatic carbocycles. The molecule has 2 aliphatic heterocycles. The molecule has 3 fully saturated rings. The summed E-state index contributed by atoms with van der Waals surface area (Å²) in [5.41, 5.74) is 1.46. The predicted molar refractivity (Wildman–Crippen MR) is 109 cm³/mol. The number of benzene rings is 1. The van der Waals surface area contributed by atoms with Crippen LogP contribution in [0.3, 0.4) is 0 Å². The van der Waals surface area contributed by atoms with E-state index in [4.69, 9.17) is 0 Å². The number of carbonyl (C=O) groups is 1. The van der Waals surface area contributed by atoms with E-state index in [-0.39, 0.29) is 17.1 Å². The van der Waals surface area contributed by atoms with Gasteiger partial charge >= 0.3 is 6.03 Å². The Balaban J connectivity index is 1.44. The van der Waals surface area contributed by atoms with Gasteiger partial charge in [-0.05, 0) is 77.2 Å². The Hall–Kier alpha value is -1.59. The summed E-state index contributed by atoms with van der Waals surface area (Å²) in [6, 6.07) is 11.0. The highest BCUT2D eigenvalue weighted by Crippen LogP contribution is 2.46. The van der Waals surface area contributed by atoms with Gasteiger partial charge in [0.2, 0.25) is 0 Å². The molecule has 5 heteroatoms. The molecular weight excluding hydrogens is 336 g/mol. The first-order valence-electron chi connectivity index (χ1n) is 10.5. The lowest BCUT2D eigenvalue weighted by Gasteiger charge is -2.48. The van der Waals surface area contributed by atoms with Gasteiger partial charge in [-0.15, -0.1) is 0 Å². The molecule has 4 rings (SSSR count). The number of carbonyl (C=O) groups excluding carboxylic acids is 1. The average Bonchev–Trinajstić information content (AvgIpc) is 2.99. The Morgan fingerprint density at radius 3 is 2.37 bits per heavy atom. The zero-order valence-corrected chi connectivity index (χ0v) is 16.8. The highest BCUT2D eigenvalue weighted by atomic mass is 16.2. The van der Waals surface area contributed by atoms with E-state index >= 15 is 0 Å². The first-order chi connectivity index (χ1) is 13.0. The van der Waals surface area contributed by atoms with Crippen LogP contribution in [-0.4, -0.2) is 61.6 Å². The van der Waals surface area contributed by atoms with Crippen LogP contribution >= 0.6 is 0 Å². The first-order valence-corrected chi connectivity index (χ1v) is 10.5. The topological polar surface area (TPSA) is 47.6 Å². The second kappa shape index (κ2) is 7.44. The van der Waals surface area contributed by atoms with E-state index in [1.54, 1.807) is 0 Å². The molecule has 2 N–H and O–H groups in total. The van der Waals surface area contributed by atoms with Gasteiger partial charge in [0, 0.05) is 18.6 Å². The first kappa shape index (κ1) is 18.8.